The lowest BCUT2D eigenvalue weighted by Crippen LogP contribution is -2.56. The molecule has 2 unspecified atom stereocenters. The van der Waals surface area contributed by atoms with Crippen LogP contribution in [0, 0.1) is 11.8 Å². The fourth-order valence-corrected chi connectivity index (χ4v) is 4.22. The predicted molar refractivity (Wildman–Crippen MR) is 113 cm³/mol. The van der Waals surface area contributed by atoms with Gasteiger partial charge in [-0.15, -0.1) is 0 Å². The van der Waals surface area contributed by atoms with E-state index in [2.05, 4.69) is 10.6 Å². The third kappa shape index (κ3) is 7.13. The van der Waals surface area contributed by atoms with Crippen LogP contribution < -0.4 is 10.6 Å². The van der Waals surface area contributed by atoms with Crippen molar-refractivity contribution in [3.8, 4) is 0 Å². The highest BCUT2D eigenvalue weighted by atomic mass is 19.3. The number of hydrogen-bond acceptors (Lipinski definition) is 5. The Morgan fingerprint density at radius 2 is 1.94 bits per heavy atom. The van der Waals surface area contributed by atoms with Gasteiger partial charge in [0.1, 0.15) is 18.4 Å². The van der Waals surface area contributed by atoms with Crippen LogP contribution in [0.5, 0.6) is 0 Å². The van der Waals surface area contributed by atoms with Crippen molar-refractivity contribution in [3.63, 3.8) is 0 Å². The average molecular weight is 460 g/mol. The summed E-state index contributed by atoms with van der Waals surface area (Å²) in [6.45, 7) is 5.87. The Morgan fingerprint density at radius 3 is 2.44 bits per heavy atom. The minimum atomic E-state index is -2.73. The number of amides is 3. The van der Waals surface area contributed by atoms with Crippen molar-refractivity contribution in [2.75, 3.05) is 13.6 Å². The lowest BCUT2D eigenvalue weighted by molar-refractivity contribution is -0.132. The Morgan fingerprint density at radius 1 is 1.31 bits per heavy atom. The third-order valence-electron chi connectivity index (χ3n) is 6.19. The van der Waals surface area contributed by atoms with Gasteiger partial charge in [0.05, 0.1) is 5.54 Å². The molecule has 0 aromatic rings. The van der Waals surface area contributed by atoms with Crippen LogP contribution >= 0.6 is 0 Å². The van der Waals surface area contributed by atoms with Crippen molar-refractivity contribution in [3.05, 3.63) is 0 Å². The lowest BCUT2D eigenvalue weighted by Gasteiger charge is -2.34. The van der Waals surface area contributed by atoms with Gasteiger partial charge < -0.3 is 20.2 Å². The molecule has 2 N–H and O–H groups in total. The Labute approximate surface area is 187 Å². The van der Waals surface area contributed by atoms with Crippen molar-refractivity contribution < 1.29 is 32.7 Å². The Kier molecular flexibility index (Phi) is 8.59. The number of alkyl halides is 2. The summed E-state index contributed by atoms with van der Waals surface area (Å²) in [5, 5.41) is 5.42. The number of carbonyl (C=O) groups excluding carboxylic acids is 4. The SMILES string of the molecule is CC(C)C[C@@H](C(=O)NC(C)(C=O)CC1CCNC1=O)N(C)C(=O)OC1CCC(F)(F)CC1. The second kappa shape index (κ2) is 10.6. The number of carbonyl (C=O) groups is 4. The van der Waals surface area contributed by atoms with Crippen LogP contribution in [0.1, 0.15) is 65.7 Å². The fourth-order valence-electron chi connectivity index (χ4n) is 4.22. The lowest BCUT2D eigenvalue weighted by atomic mass is 9.88. The zero-order chi connectivity index (χ0) is 24.1. The standard InChI is InChI=1S/C22H35F2N3O5/c1-14(2)11-17(27(4)20(31)32-16-5-8-22(23,24)9-6-16)19(30)26-21(3,13-28)12-15-7-10-25-18(15)29/h13-17H,5-12H2,1-4H3,(H,25,29)(H,26,30)/t15?,17-,21?/m0/s1. The molecule has 10 heteroatoms. The Bertz CT molecular complexity index is 708. The molecule has 1 aliphatic carbocycles. The van der Waals surface area contributed by atoms with Gasteiger partial charge in [-0.25, -0.2) is 13.6 Å². The zero-order valence-corrected chi connectivity index (χ0v) is 19.3. The predicted octanol–water partition coefficient (Wildman–Crippen LogP) is 2.65. The molecular formula is C22H35F2N3O5. The number of hydrogen-bond donors (Lipinski definition) is 2. The molecule has 32 heavy (non-hydrogen) atoms. The van der Waals surface area contributed by atoms with Gasteiger partial charge in [0.15, 0.2) is 0 Å². The molecule has 2 fully saturated rings. The molecule has 1 saturated carbocycles. The summed E-state index contributed by atoms with van der Waals surface area (Å²) < 4.78 is 32.1. The molecule has 0 aromatic carbocycles. The smallest absolute Gasteiger partial charge is 0.410 e. The average Bonchev–Trinajstić information content (AvgIpc) is 3.11. The molecular weight excluding hydrogens is 424 g/mol. The van der Waals surface area contributed by atoms with Gasteiger partial charge in [-0.3, -0.25) is 14.5 Å². The topological polar surface area (TPSA) is 105 Å². The van der Waals surface area contributed by atoms with E-state index >= 15 is 0 Å². The molecule has 182 valence electrons. The largest absolute Gasteiger partial charge is 0.446 e. The van der Waals surface area contributed by atoms with Crippen LogP contribution in [0.2, 0.25) is 0 Å². The highest BCUT2D eigenvalue weighted by Gasteiger charge is 2.40. The van der Waals surface area contributed by atoms with Crippen LogP contribution in [0.4, 0.5) is 13.6 Å². The Balaban J connectivity index is 2.04. The molecule has 3 amide bonds. The molecule has 1 heterocycles. The summed E-state index contributed by atoms with van der Waals surface area (Å²) in [6.07, 6.45) is -0.234. The van der Waals surface area contributed by atoms with Gasteiger partial charge in [-0.1, -0.05) is 13.8 Å². The van der Waals surface area contributed by atoms with Crippen LogP contribution in [-0.2, 0) is 19.1 Å². The summed E-state index contributed by atoms with van der Waals surface area (Å²) in [5.74, 6) is -3.73. The number of rotatable bonds is 9. The number of likely N-dealkylation sites (N-methyl/N-ethyl adjacent to an activating group) is 1. The van der Waals surface area contributed by atoms with E-state index in [1.54, 1.807) is 6.92 Å². The number of halogens is 2. The molecule has 0 spiro atoms. The van der Waals surface area contributed by atoms with Crippen molar-refractivity contribution in [1.82, 2.24) is 15.5 Å². The van der Waals surface area contributed by atoms with Crippen molar-refractivity contribution in [2.45, 2.75) is 89.3 Å². The maximum absolute atomic E-state index is 13.4. The van der Waals surface area contributed by atoms with Crippen LogP contribution in [0.25, 0.3) is 0 Å². The first kappa shape index (κ1) is 26.0. The highest BCUT2D eigenvalue weighted by molar-refractivity contribution is 5.89. The molecule has 8 nitrogen and oxygen atoms in total. The summed E-state index contributed by atoms with van der Waals surface area (Å²) in [5.41, 5.74) is -1.27. The van der Waals surface area contributed by atoms with Gasteiger partial charge in [0, 0.05) is 32.4 Å². The minimum absolute atomic E-state index is 0.0532. The normalized spacial score (nSPS) is 23.7. The molecule has 0 radical (unpaired) electrons. The van der Waals surface area contributed by atoms with E-state index in [4.69, 9.17) is 4.74 Å². The van der Waals surface area contributed by atoms with E-state index in [9.17, 15) is 28.0 Å². The van der Waals surface area contributed by atoms with Crippen LogP contribution in [-0.4, -0.2) is 66.3 Å². The monoisotopic (exact) mass is 459 g/mol. The second-order valence-corrected chi connectivity index (χ2v) is 9.70. The zero-order valence-electron chi connectivity index (χ0n) is 19.3. The molecule has 2 aliphatic rings. The van der Waals surface area contributed by atoms with E-state index in [1.165, 1.54) is 7.05 Å². The van der Waals surface area contributed by atoms with E-state index in [-0.39, 0.29) is 49.8 Å². The Hall–Kier alpha value is -2.26. The molecule has 3 atom stereocenters. The quantitative estimate of drug-likeness (QED) is 0.516. The van der Waals surface area contributed by atoms with E-state index in [1.807, 2.05) is 13.8 Å². The molecule has 0 bridgehead atoms. The molecule has 1 aliphatic heterocycles. The van der Waals surface area contributed by atoms with Crippen LogP contribution in [0.15, 0.2) is 0 Å². The first-order valence-electron chi connectivity index (χ1n) is 11.2. The molecule has 2 rings (SSSR count). The minimum Gasteiger partial charge on any atom is -0.446 e. The van der Waals surface area contributed by atoms with Gasteiger partial charge in [0.25, 0.3) is 0 Å². The van der Waals surface area contributed by atoms with E-state index in [0.29, 0.717) is 25.7 Å². The number of nitrogens with zero attached hydrogens (tertiary/aromatic N) is 1. The van der Waals surface area contributed by atoms with Crippen LogP contribution in [0.3, 0.4) is 0 Å². The maximum Gasteiger partial charge on any atom is 0.410 e. The fraction of sp³-hybridized carbons (Fsp3) is 0.818. The van der Waals surface area contributed by atoms with Gasteiger partial charge in [-0.2, -0.15) is 0 Å². The van der Waals surface area contributed by atoms with E-state index in [0.717, 1.165) is 4.90 Å². The van der Waals surface area contributed by atoms with Gasteiger partial charge >= 0.3 is 6.09 Å². The summed E-state index contributed by atoms with van der Waals surface area (Å²) in [7, 11) is 1.43. The first-order chi connectivity index (χ1) is 14.9. The highest BCUT2D eigenvalue weighted by Crippen LogP contribution is 2.34. The second-order valence-electron chi connectivity index (χ2n) is 9.70. The summed E-state index contributed by atoms with van der Waals surface area (Å²) in [4.78, 5) is 50.7. The van der Waals surface area contributed by atoms with E-state index < -0.39 is 35.6 Å². The van der Waals surface area contributed by atoms with Crippen molar-refractivity contribution in [2.24, 2.45) is 11.8 Å². The first-order valence-corrected chi connectivity index (χ1v) is 11.2. The van der Waals surface area contributed by atoms with Crippen molar-refractivity contribution in [1.29, 1.82) is 0 Å². The molecule has 1 saturated heterocycles. The summed E-state index contributed by atoms with van der Waals surface area (Å²) in [6, 6.07) is -0.913. The number of nitrogens with one attached hydrogen (secondary N) is 2. The maximum atomic E-state index is 13.4. The summed E-state index contributed by atoms with van der Waals surface area (Å²) >= 11 is 0. The van der Waals surface area contributed by atoms with Gasteiger partial charge in [0.2, 0.25) is 17.7 Å². The molecule has 0 aromatic heterocycles. The number of ether oxygens (including phenoxy) is 1. The third-order valence-corrected chi connectivity index (χ3v) is 6.19. The van der Waals surface area contributed by atoms with Crippen molar-refractivity contribution >= 4 is 24.2 Å². The number of aldehydes is 1. The van der Waals surface area contributed by atoms with Gasteiger partial charge in [-0.05, 0) is 44.9 Å².